The third-order valence-electron chi connectivity index (χ3n) is 5.60. The Bertz CT molecular complexity index is 1560. The van der Waals surface area contributed by atoms with Crippen molar-refractivity contribution in [3.8, 4) is 17.5 Å². The number of benzene rings is 2. The van der Waals surface area contributed by atoms with Gasteiger partial charge < -0.3 is 19.3 Å². The average Bonchev–Trinajstić information content (AvgIpc) is 3.24. The zero-order valence-electron chi connectivity index (χ0n) is 20.7. The maximum Gasteiger partial charge on any atom is 0.573 e. The summed E-state index contributed by atoms with van der Waals surface area (Å²) in [5.74, 6) is -0.212. The fourth-order valence-corrected chi connectivity index (χ4v) is 3.98. The lowest BCUT2D eigenvalue weighted by Crippen LogP contribution is -2.40. The Labute approximate surface area is 224 Å². The van der Waals surface area contributed by atoms with Gasteiger partial charge in [-0.3, -0.25) is 18.5 Å². The number of ether oxygens (including phenoxy) is 3. The van der Waals surface area contributed by atoms with Gasteiger partial charge in [0, 0.05) is 24.6 Å². The molecule has 0 aliphatic heterocycles. The molecule has 0 bridgehead atoms. The summed E-state index contributed by atoms with van der Waals surface area (Å²) in [6.45, 7) is -0.217. The van der Waals surface area contributed by atoms with Crippen molar-refractivity contribution in [1.29, 1.82) is 0 Å². The van der Waals surface area contributed by atoms with E-state index in [0.717, 1.165) is 22.3 Å². The van der Waals surface area contributed by atoms with E-state index in [1.54, 1.807) is 24.3 Å². The normalized spacial score (nSPS) is 11.6. The molecule has 39 heavy (non-hydrogen) atoms. The van der Waals surface area contributed by atoms with E-state index in [4.69, 9.17) is 21.1 Å². The van der Waals surface area contributed by atoms with Gasteiger partial charge in [0.05, 0.1) is 32.9 Å². The maximum atomic E-state index is 13.2. The van der Waals surface area contributed by atoms with Gasteiger partial charge >= 0.3 is 12.1 Å². The molecule has 0 unspecified atom stereocenters. The van der Waals surface area contributed by atoms with E-state index in [2.05, 4.69) is 9.72 Å². The van der Waals surface area contributed by atoms with E-state index in [1.165, 1.54) is 28.3 Å². The van der Waals surface area contributed by atoms with Crippen LogP contribution in [0.15, 0.2) is 58.1 Å². The summed E-state index contributed by atoms with van der Waals surface area (Å²) >= 11 is 5.99. The zero-order valence-corrected chi connectivity index (χ0v) is 21.4. The number of aliphatic hydroxyl groups excluding tert-OH is 1. The number of halogens is 4. The highest BCUT2D eigenvalue weighted by molar-refractivity contribution is 6.30. The van der Waals surface area contributed by atoms with Crippen LogP contribution in [0.3, 0.4) is 0 Å². The fraction of sp³-hybridized carbons (Fsp3) is 0.320. The van der Waals surface area contributed by atoms with Crippen LogP contribution < -0.4 is 25.5 Å². The maximum absolute atomic E-state index is 13.2. The first-order valence-corrected chi connectivity index (χ1v) is 12.1. The summed E-state index contributed by atoms with van der Waals surface area (Å²) in [7, 11) is 1.46. The van der Waals surface area contributed by atoms with Crippen LogP contribution in [-0.2, 0) is 20.1 Å². The van der Waals surface area contributed by atoms with Gasteiger partial charge in [0.2, 0.25) is 0 Å². The Morgan fingerprint density at radius 1 is 1.00 bits per heavy atom. The zero-order chi connectivity index (χ0) is 28.2. The van der Waals surface area contributed by atoms with Crippen molar-refractivity contribution < 1.29 is 32.5 Å². The molecule has 2 heterocycles. The topological polar surface area (TPSA) is 110 Å². The second-order valence-corrected chi connectivity index (χ2v) is 8.81. The summed E-state index contributed by atoms with van der Waals surface area (Å²) in [4.78, 5) is 30.3. The molecule has 0 aliphatic carbocycles. The van der Waals surface area contributed by atoms with Crippen molar-refractivity contribution in [2.75, 3.05) is 19.8 Å². The number of aromatic nitrogens is 4. The molecular formula is C25H24ClF3N4O6. The number of hydrogen-bond donors (Lipinski definition) is 1. The highest BCUT2D eigenvalue weighted by Gasteiger charge is 2.31. The quantitative estimate of drug-likeness (QED) is 0.276. The van der Waals surface area contributed by atoms with E-state index in [1.807, 2.05) is 0 Å². The SMILES string of the molecule is Cn1c(=O)n(CCO)c(=O)c2c1nc(OCCCOc1cccc(OC(F)(F)F)c1)n2Cc1ccc(Cl)cc1. The van der Waals surface area contributed by atoms with E-state index in [-0.39, 0.29) is 49.2 Å². The minimum absolute atomic E-state index is 0.0781. The van der Waals surface area contributed by atoms with E-state index >= 15 is 0 Å². The first-order chi connectivity index (χ1) is 18.6. The Kier molecular flexibility index (Phi) is 8.51. The van der Waals surface area contributed by atoms with Gasteiger partial charge in [-0.1, -0.05) is 29.8 Å². The van der Waals surface area contributed by atoms with Gasteiger partial charge in [0.1, 0.15) is 11.5 Å². The van der Waals surface area contributed by atoms with Crippen molar-refractivity contribution in [1.82, 2.24) is 18.7 Å². The molecule has 10 nitrogen and oxygen atoms in total. The lowest BCUT2D eigenvalue weighted by molar-refractivity contribution is -0.274. The van der Waals surface area contributed by atoms with Crippen LogP contribution in [-0.4, -0.2) is 50.0 Å². The number of aryl methyl sites for hydroxylation is 1. The molecule has 0 aliphatic rings. The minimum Gasteiger partial charge on any atom is -0.493 e. The number of nitrogens with zero attached hydrogens (tertiary/aromatic N) is 4. The molecule has 2 aromatic carbocycles. The lowest BCUT2D eigenvalue weighted by Gasteiger charge is -2.12. The molecule has 0 atom stereocenters. The Morgan fingerprint density at radius 2 is 1.69 bits per heavy atom. The molecule has 0 radical (unpaired) electrons. The Hall–Kier alpha value is -3.97. The summed E-state index contributed by atoms with van der Waals surface area (Å²) in [5, 5.41) is 9.88. The van der Waals surface area contributed by atoms with Crippen LogP contribution in [0, 0.1) is 0 Å². The van der Waals surface area contributed by atoms with Gasteiger partial charge in [0.25, 0.3) is 11.6 Å². The number of rotatable bonds is 11. The highest BCUT2D eigenvalue weighted by Crippen LogP contribution is 2.26. The standard InChI is InChI=1S/C25H24ClF3N4O6/c1-31-21-20(22(35)32(10-11-34)24(31)36)33(15-16-6-8-17(26)9-7-16)23(30-21)38-13-3-12-37-18-4-2-5-19(14-18)39-25(27,28)29/h2,4-9,14,34H,3,10-13,15H2,1H3. The Balaban J connectivity index is 1.54. The summed E-state index contributed by atoms with van der Waals surface area (Å²) < 4.78 is 56.2. The molecule has 4 rings (SSSR count). The van der Waals surface area contributed by atoms with Crippen LogP contribution >= 0.6 is 11.6 Å². The molecule has 4 aromatic rings. The molecule has 14 heteroatoms. The van der Waals surface area contributed by atoms with Crippen molar-refractivity contribution >= 4 is 22.8 Å². The van der Waals surface area contributed by atoms with Gasteiger partial charge in [-0.2, -0.15) is 4.98 Å². The van der Waals surface area contributed by atoms with Crippen LogP contribution in [0.25, 0.3) is 11.2 Å². The predicted molar refractivity (Wildman–Crippen MR) is 136 cm³/mol. The average molecular weight is 569 g/mol. The van der Waals surface area contributed by atoms with Crippen LogP contribution in [0.5, 0.6) is 17.5 Å². The fourth-order valence-electron chi connectivity index (χ4n) is 3.85. The smallest absolute Gasteiger partial charge is 0.493 e. The largest absolute Gasteiger partial charge is 0.573 e. The van der Waals surface area contributed by atoms with Crippen molar-refractivity contribution in [2.24, 2.45) is 7.05 Å². The van der Waals surface area contributed by atoms with Gasteiger partial charge in [-0.05, 0) is 29.8 Å². The summed E-state index contributed by atoms with van der Waals surface area (Å²) in [5.41, 5.74) is -0.235. The third kappa shape index (κ3) is 6.73. The Morgan fingerprint density at radius 3 is 2.38 bits per heavy atom. The first kappa shape index (κ1) is 28.0. The lowest BCUT2D eigenvalue weighted by atomic mass is 10.2. The first-order valence-electron chi connectivity index (χ1n) is 11.7. The van der Waals surface area contributed by atoms with Crippen LogP contribution in [0.1, 0.15) is 12.0 Å². The second kappa shape index (κ2) is 11.8. The molecule has 2 aromatic heterocycles. The third-order valence-corrected chi connectivity index (χ3v) is 5.85. The van der Waals surface area contributed by atoms with Crippen LogP contribution in [0.2, 0.25) is 5.02 Å². The number of alkyl halides is 3. The molecule has 1 N–H and O–H groups in total. The van der Waals surface area contributed by atoms with Crippen molar-refractivity contribution in [2.45, 2.75) is 25.9 Å². The van der Waals surface area contributed by atoms with E-state index in [0.29, 0.717) is 11.4 Å². The monoisotopic (exact) mass is 568 g/mol. The molecule has 208 valence electrons. The van der Waals surface area contributed by atoms with Crippen molar-refractivity contribution in [3.05, 3.63) is 80.0 Å². The highest BCUT2D eigenvalue weighted by atomic mass is 35.5. The number of hydrogen-bond acceptors (Lipinski definition) is 7. The van der Waals surface area contributed by atoms with Gasteiger partial charge in [-0.25, -0.2) is 4.79 Å². The number of fused-ring (bicyclic) bond motifs is 1. The van der Waals surface area contributed by atoms with E-state index in [9.17, 15) is 27.9 Å². The van der Waals surface area contributed by atoms with Crippen LogP contribution in [0.4, 0.5) is 13.2 Å². The molecule has 0 amide bonds. The number of imidazole rings is 1. The molecule has 0 saturated heterocycles. The molecule has 0 fully saturated rings. The summed E-state index contributed by atoms with van der Waals surface area (Å²) in [6.07, 6.45) is -4.49. The predicted octanol–water partition coefficient (Wildman–Crippen LogP) is 3.34. The summed E-state index contributed by atoms with van der Waals surface area (Å²) in [6, 6.07) is 12.2. The molecule has 0 saturated carbocycles. The van der Waals surface area contributed by atoms with Gasteiger partial charge in [-0.15, -0.1) is 13.2 Å². The second-order valence-electron chi connectivity index (χ2n) is 8.37. The minimum atomic E-state index is -4.81. The molecular weight excluding hydrogens is 545 g/mol. The van der Waals surface area contributed by atoms with E-state index < -0.39 is 30.0 Å². The van der Waals surface area contributed by atoms with Crippen molar-refractivity contribution in [3.63, 3.8) is 0 Å². The van der Waals surface area contributed by atoms with Gasteiger partial charge in [0.15, 0.2) is 11.2 Å². The number of aliphatic hydroxyl groups is 1. The molecule has 0 spiro atoms.